The van der Waals surface area contributed by atoms with E-state index in [-0.39, 0.29) is 41.6 Å². The van der Waals surface area contributed by atoms with Crippen LogP contribution >= 0.6 is 0 Å². The van der Waals surface area contributed by atoms with Gasteiger partial charge in [0.1, 0.15) is 0 Å². The lowest BCUT2D eigenvalue weighted by Crippen LogP contribution is -2.32. The molecular formula is C22H28O7. The molecule has 1 aliphatic carbocycles. The van der Waals surface area contributed by atoms with Gasteiger partial charge in [0.05, 0.1) is 22.3 Å². The molecule has 0 saturated carbocycles. The first-order valence-corrected chi connectivity index (χ1v) is 10.5. The van der Waals surface area contributed by atoms with Gasteiger partial charge < -0.3 is 14.6 Å². The van der Waals surface area contributed by atoms with Gasteiger partial charge in [0, 0.05) is 18.4 Å². The first-order chi connectivity index (χ1) is 13.8. The molecular weight excluding hydrogens is 376 g/mol. The molecule has 0 spiro atoms. The average Bonchev–Trinajstić information content (AvgIpc) is 3.09. The van der Waals surface area contributed by atoms with E-state index in [1.807, 2.05) is 6.92 Å². The number of esters is 4. The lowest BCUT2D eigenvalue weighted by Gasteiger charge is -2.28. The quantitative estimate of drug-likeness (QED) is 0.395. The number of ether oxygens (including phenoxy) is 2. The molecule has 0 radical (unpaired) electrons. The molecule has 0 aromatic heterocycles. The van der Waals surface area contributed by atoms with E-state index in [1.54, 1.807) is 0 Å². The van der Waals surface area contributed by atoms with Crippen LogP contribution in [0.15, 0.2) is 22.3 Å². The Labute approximate surface area is 170 Å². The predicted octanol–water partition coefficient (Wildman–Crippen LogP) is 3.05. The monoisotopic (exact) mass is 404 g/mol. The summed E-state index contributed by atoms with van der Waals surface area (Å²) in [6, 6.07) is 0. The van der Waals surface area contributed by atoms with Crippen molar-refractivity contribution in [1.82, 2.24) is 0 Å². The molecule has 158 valence electrons. The van der Waals surface area contributed by atoms with E-state index in [4.69, 9.17) is 9.47 Å². The van der Waals surface area contributed by atoms with Crippen molar-refractivity contribution in [2.24, 2.45) is 5.92 Å². The zero-order valence-electron chi connectivity index (χ0n) is 17.0. The molecule has 1 N–H and O–H groups in total. The molecule has 2 unspecified atom stereocenters. The second-order valence-electron chi connectivity index (χ2n) is 8.28. The van der Waals surface area contributed by atoms with Gasteiger partial charge in [-0.2, -0.15) is 0 Å². The van der Waals surface area contributed by atoms with Crippen LogP contribution in [0, 0.1) is 5.92 Å². The molecule has 0 aromatic carbocycles. The van der Waals surface area contributed by atoms with Gasteiger partial charge >= 0.3 is 23.9 Å². The van der Waals surface area contributed by atoms with Gasteiger partial charge in [0.2, 0.25) is 0 Å². The van der Waals surface area contributed by atoms with Crippen LogP contribution in [0.5, 0.6) is 0 Å². The van der Waals surface area contributed by atoms with Crippen LogP contribution in [0.3, 0.4) is 0 Å². The molecule has 0 amide bonds. The van der Waals surface area contributed by atoms with Crippen molar-refractivity contribution < 1.29 is 33.8 Å². The Morgan fingerprint density at radius 2 is 1.41 bits per heavy atom. The number of carbonyl (C=O) groups is 4. The Bertz CT molecular complexity index is 804. The normalized spacial score (nSPS) is 27.3. The summed E-state index contributed by atoms with van der Waals surface area (Å²) in [4.78, 5) is 49.6. The standard InChI is InChI=1S/C22H28O7/c1-3-5-7-8-13-10-14-15(19(24)28-18(14)23)11-22(27,9-6-4-2)12-16-17(13)21(26)29-20(16)25/h13,27H,3-12H2,1-2H3. The molecule has 0 bridgehead atoms. The van der Waals surface area contributed by atoms with E-state index in [9.17, 15) is 24.3 Å². The number of cyclic esters (lactones) is 4. The highest BCUT2D eigenvalue weighted by atomic mass is 16.6. The van der Waals surface area contributed by atoms with Crippen LogP contribution in [-0.2, 0) is 28.7 Å². The van der Waals surface area contributed by atoms with E-state index in [0.29, 0.717) is 19.3 Å². The summed E-state index contributed by atoms with van der Waals surface area (Å²) in [7, 11) is 0. The fourth-order valence-corrected chi connectivity index (χ4v) is 4.49. The molecule has 3 aliphatic rings. The lowest BCUT2D eigenvalue weighted by atomic mass is 9.82. The maximum Gasteiger partial charge on any atom is 0.342 e. The number of carbonyl (C=O) groups excluding carboxylic acids is 4. The highest BCUT2D eigenvalue weighted by molar-refractivity contribution is 6.14. The summed E-state index contributed by atoms with van der Waals surface area (Å²) in [5, 5.41) is 11.3. The van der Waals surface area contributed by atoms with Crippen molar-refractivity contribution in [2.45, 2.75) is 83.7 Å². The minimum Gasteiger partial charge on any atom is -0.389 e. The van der Waals surface area contributed by atoms with Crippen LogP contribution in [0.2, 0.25) is 0 Å². The van der Waals surface area contributed by atoms with Crippen LogP contribution in [-0.4, -0.2) is 34.6 Å². The molecule has 2 aliphatic heterocycles. The minimum atomic E-state index is -1.43. The molecule has 29 heavy (non-hydrogen) atoms. The average molecular weight is 404 g/mol. The summed E-state index contributed by atoms with van der Waals surface area (Å²) in [5.74, 6) is -3.30. The number of unbranched alkanes of at least 4 members (excludes halogenated alkanes) is 3. The second-order valence-corrected chi connectivity index (χ2v) is 8.28. The molecule has 0 aromatic rings. The molecule has 2 atom stereocenters. The van der Waals surface area contributed by atoms with Crippen molar-refractivity contribution in [3.63, 3.8) is 0 Å². The van der Waals surface area contributed by atoms with E-state index in [0.717, 1.165) is 25.7 Å². The van der Waals surface area contributed by atoms with Gasteiger partial charge in [-0.25, -0.2) is 19.2 Å². The molecule has 0 saturated heterocycles. The third kappa shape index (κ3) is 4.34. The van der Waals surface area contributed by atoms with E-state index < -0.39 is 35.4 Å². The smallest absolute Gasteiger partial charge is 0.342 e. The number of aliphatic hydroxyl groups is 1. The number of rotatable bonds is 7. The third-order valence-electron chi connectivity index (χ3n) is 6.04. The van der Waals surface area contributed by atoms with Crippen LogP contribution in [0.1, 0.15) is 78.1 Å². The number of hydrogen-bond donors (Lipinski definition) is 1. The van der Waals surface area contributed by atoms with Crippen molar-refractivity contribution in [1.29, 1.82) is 0 Å². The first-order valence-electron chi connectivity index (χ1n) is 10.5. The molecule has 7 nitrogen and oxygen atoms in total. The second kappa shape index (κ2) is 8.61. The first kappa shape index (κ1) is 21.4. The Balaban J connectivity index is 2.09. The maximum absolute atomic E-state index is 12.5. The minimum absolute atomic E-state index is 0.0740. The zero-order chi connectivity index (χ0) is 21.2. The van der Waals surface area contributed by atoms with Crippen molar-refractivity contribution in [2.75, 3.05) is 0 Å². The Hall–Kier alpha value is -2.28. The van der Waals surface area contributed by atoms with Crippen LogP contribution in [0.4, 0.5) is 0 Å². The molecule has 0 fully saturated rings. The maximum atomic E-state index is 12.5. The largest absolute Gasteiger partial charge is 0.389 e. The van der Waals surface area contributed by atoms with Crippen LogP contribution < -0.4 is 0 Å². The van der Waals surface area contributed by atoms with Crippen molar-refractivity contribution in [3.8, 4) is 0 Å². The summed E-state index contributed by atoms with van der Waals surface area (Å²) in [6.45, 7) is 4.03. The topological polar surface area (TPSA) is 107 Å². The van der Waals surface area contributed by atoms with Crippen LogP contribution in [0.25, 0.3) is 0 Å². The fraction of sp³-hybridized carbons (Fsp3) is 0.636. The Morgan fingerprint density at radius 3 is 2.10 bits per heavy atom. The van der Waals surface area contributed by atoms with Gasteiger partial charge in [-0.05, 0) is 25.2 Å². The van der Waals surface area contributed by atoms with Gasteiger partial charge in [0.15, 0.2) is 0 Å². The number of hydrogen-bond acceptors (Lipinski definition) is 7. The third-order valence-corrected chi connectivity index (χ3v) is 6.04. The molecule has 2 heterocycles. The van der Waals surface area contributed by atoms with Gasteiger partial charge in [-0.1, -0.05) is 46.0 Å². The Morgan fingerprint density at radius 1 is 0.828 bits per heavy atom. The zero-order valence-corrected chi connectivity index (χ0v) is 17.0. The highest BCUT2D eigenvalue weighted by Gasteiger charge is 2.47. The molecule has 3 rings (SSSR count). The lowest BCUT2D eigenvalue weighted by molar-refractivity contribution is -0.153. The van der Waals surface area contributed by atoms with Crippen molar-refractivity contribution >= 4 is 23.9 Å². The summed E-state index contributed by atoms with van der Waals surface area (Å²) < 4.78 is 9.72. The van der Waals surface area contributed by atoms with Gasteiger partial charge in [0.25, 0.3) is 0 Å². The predicted molar refractivity (Wildman–Crippen MR) is 102 cm³/mol. The SMILES string of the molecule is CCCCCC1CC2=C(CC(O)(CCCC)CC3=C1C(=O)OC3=O)C(=O)OC2=O. The van der Waals surface area contributed by atoms with E-state index >= 15 is 0 Å². The molecule has 7 heteroatoms. The van der Waals surface area contributed by atoms with Gasteiger partial charge in [-0.3, -0.25) is 0 Å². The van der Waals surface area contributed by atoms with Crippen molar-refractivity contribution in [3.05, 3.63) is 22.3 Å². The van der Waals surface area contributed by atoms with E-state index in [1.165, 1.54) is 0 Å². The fourth-order valence-electron chi connectivity index (χ4n) is 4.49. The summed E-state index contributed by atoms with van der Waals surface area (Å²) in [5.41, 5.74) is -0.592. The van der Waals surface area contributed by atoms with Gasteiger partial charge in [-0.15, -0.1) is 0 Å². The summed E-state index contributed by atoms with van der Waals surface area (Å²) in [6.07, 6.45) is 5.12. The Kier molecular flexibility index (Phi) is 6.36. The highest BCUT2D eigenvalue weighted by Crippen LogP contribution is 2.43. The van der Waals surface area contributed by atoms with E-state index in [2.05, 4.69) is 6.92 Å². The summed E-state index contributed by atoms with van der Waals surface area (Å²) >= 11 is 0.